The lowest BCUT2D eigenvalue weighted by molar-refractivity contribution is -0.109. The smallest absolute Gasteiger partial charge is 0.136 e. The van der Waals surface area contributed by atoms with Crippen LogP contribution in [0.4, 0.5) is 0 Å². The van der Waals surface area contributed by atoms with Crippen molar-refractivity contribution in [3.63, 3.8) is 0 Å². The first kappa shape index (κ1) is 10.6. The summed E-state index contributed by atoms with van der Waals surface area (Å²) < 4.78 is 0. The highest BCUT2D eigenvalue weighted by atomic mass is 16.1. The van der Waals surface area contributed by atoms with Crippen LogP contribution < -0.4 is 5.73 Å². The lowest BCUT2D eigenvalue weighted by Gasteiger charge is -2.05. The molecule has 1 unspecified atom stereocenters. The second-order valence-corrected chi connectivity index (χ2v) is 3.48. The van der Waals surface area contributed by atoms with Gasteiger partial charge in [0.25, 0.3) is 0 Å². The van der Waals surface area contributed by atoms with E-state index < -0.39 is 0 Å². The lowest BCUT2D eigenvalue weighted by Crippen LogP contribution is -2.20. The van der Waals surface area contributed by atoms with Gasteiger partial charge in [-0.15, -0.1) is 0 Å². The molecule has 0 bridgehead atoms. The number of nitrogens with two attached hydrogens (primary N) is 1. The van der Waals surface area contributed by atoms with Gasteiger partial charge in [0.1, 0.15) is 6.29 Å². The summed E-state index contributed by atoms with van der Waals surface area (Å²) in [6, 6.07) is -0.234. The Morgan fingerprint density at radius 3 is 2.27 bits per heavy atom. The molecule has 0 spiro atoms. The van der Waals surface area contributed by atoms with E-state index in [0.29, 0.717) is 0 Å². The number of aldehydes is 1. The summed E-state index contributed by atoms with van der Waals surface area (Å²) in [7, 11) is 0. The largest absolute Gasteiger partial charge is 0.322 e. The van der Waals surface area contributed by atoms with Crippen LogP contribution in [-0.4, -0.2) is 12.3 Å². The van der Waals surface area contributed by atoms with Gasteiger partial charge in [-0.05, 0) is 12.3 Å². The molecule has 0 aromatic heterocycles. The number of carbonyl (C=O) groups is 1. The average Bonchev–Trinajstić information content (AvgIpc) is 1.97. The number of unbranched alkanes of at least 4 members (excludes halogenated alkanes) is 1. The fourth-order valence-electron chi connectivity index (χ4n) is 1.00. The molecule has 0 aliphatic carbocycles. The summed E-state index contributed by atoms with van der Waals surface area (Å²) in [6.07, 6.45) is 5.19. The molecule has 11 heavy (non-hydrogen) atoms. The normalized spacial score (nSPS) is 13.5. The predicted octanol–water partition coefficient (Wildman–Crippen LogP) is 1.73. The van der Waals surface area contributed by atoms with E-state index in [4.69, 9.17) is 5.73 Å². The van der Waals surface area contributed by atoms with Gasteiger partial charge in [0.05, 0.1) is 6.04 Å². The third kappa shape index (κ3) is 7.53. The molecule has 0 aliphatic rings. The maximum absolute atomic E-state index is 10.1. The van der Waals surface area contributed by atoms with Crippen molar-refractivity contribution in [2.45, 2.75) is 45.6 Å². The molecule has 2 nitrogen and oxygen atoms in total. The maximum Gasteiger partial charge on any atom is 0.136 e. The van der Waals surface area contributed by atoms with Gasteiger partial charge in [-0.3, -0.25) is 0 Å². The molecular weight excluding hydrogens is 138 g/mol. The highest BCUT2D eigenvalue weighted by Gasteiger charge is 1.99. The molecule has 0 fully saturated rings. The van der Waals surface area contributed by atoms with Crippen LogP contribution >= 0.6 is 0 Å². The minimum absolute atomic E-state index is 0.234. The van der Waals surface area contributed by atoms with Crippen molar-refractivity contribution in [1.82, 2.24) is 0 Å². The first-order chi connectivity index (χ1) is 5.16. The van der Waals surface area contributed by atoms with Gasteiger partial charge >= 0.3 is 0 Å². The fourth-order valence-corrected chi connectivity index (χ4v) is 1.00. The molecule has 0 aromatic rings. The van der Waals surface area contributed by atoms with Crippen molar-refractivity contribution in [3.05, 3.63) is 0 Å². The van der Waals surface area contributed by atoms with Gasteiger partial charge in [-0.25, -0.2) is 0 Å². The summed E-state index contributed by atoms with van der Waals surface area (Å²) in [5, 5.41) is 0. The first-order valence-corrected chi connectivity index (χ1v) is 4.37. The van der Waals surface area contributed by atoms with Gasteiger partial charge in [0.15, 0.2) is 0 Å². The van der Waals surface area contributed by atoms with E-state index in [1.165, 1.54) is 12.8 Å². The molecule has 0 amide bonds. The summed E-state index contributed by atoms with van der Waals surface area (Å²) in [4.78, 5) is 10.1. The highest BCUT2D eigenvalue weighted by molar-refractivity contribution is 5.56. The molecule has 0 heterocycles. The number of carbonyl (C=O) groups excluding carboxylic acids is 1. The Balaban J connectivity index is 3.07. The van der Waals surface area contributed by atoms with Crippen LogP contribution in [0.3, 0.4) is 0 Å². The molecule has 0 aromatic carbocycles. The molecule has 1 atom stereocenters. The number of hydrogen-bond acceptors (Lipinski definition) is 2. The van der Waals surface area contributed by atoms with E-state index in [9.17, 15) is 4.79 Å². The van der Waals surface area contributed by atoms with Gasteiger partial charge in [-0.1, -0.05) is 33.1 Å². The lowest BCUT2D eigenvalue weighted by atomic mass is 10.0. The van der Waals surface area contributed by atoms with E-state index in [1.807, 2.05) is 0 Å². The number of rotatable bonds is 6. The van der Waals surface area contributed by atoms with Crippen molar-refractivity contribution in [2.75, 3.05) is 0 Å². The standard InChI is InChI=1S/C9H19NO/c1-8(2)5-3-4-6-9(10)7-11/h7-9H,3-6,10H2,1-2H3. The van der Waals surface area contributed by atoms with Gasteiger partial charge in [0.2, 0.25) is 0 Å². The van der Waals surface area contributed by atoms with Crippen LogP contribution in [0, 0.1) is 5.92 Å². The zero-order chi connectivity index (χ0) is 8.69. The van der Waals surface area contributed by atoms with Crippen molar-refractivity contribution in [2.24, 2.45) is 11.7 Å². The predicted molar refractivity (Wildman–Crippen MR) is 47.3 cm³/mol. The second-order valence-electron chi connectivity index (χ2n) is 3.48. The third-order valence-electron chi connectivity index (χ3n) is 1.74. The summed E-state index contributed by atoms with van der Waals surface area (Å²) in [5.41, 5.74) is 5.42. The molecular formula is C9H19NO. The summed E-state index contributed by atoms with van der Waals surface area (Å²) in [5.74, 6) is 0.766. The van der Waals surface area contributed by atoms with E-state index in [2.05, 4.69) is 13.8 Å². The Bertz CT molecular complexity index is 102. The van der Waals surface area contributed by atoms with E-state index >= 15 is 0 Å². The summed E-state index contributed by atoms with van der Waals surface area (Å²) >= 11 is 0. The van der Waals surface area contributed by atoms with Crippen LogP contribution in [0.1, 0.15) is 39.5 Å². The highest BCUT2D eigenvalue weighted by Crippen LogP contribution is 2.08. The fraction of sp³-hybridized carbons (Fsp3) is 0.889. The summed E-state index contributed by atoms with van der Waals surface area (Å²) in [6.45, 7) is 4.42. The first-order valence-electron chi connectivity index (χ1n) is 4.37. The van der Waals surface area contributed by atoms with E-state index in [-0.39, 0.29) is 6.04 Å². The van der Waals surface area contributed by atoms with Crippen molar-refractivity contribution in [1.29, 1.82) is 0 Å². The van der Waals surface area contributed by atoms with Crippen LogP contribution in [0.5, 0.6) is 0 Å². The van der Waals surface area contributed by atoms with Crippen LogP contribution in [-0.2, 0) is 4.79 Å². The number of hydrogen-bond donors (Lipinski definition) is 1. The molecule has 66 valence electrons. The minimum Gasteiger partial charge on any atom is -0.322 e. The molecule has 0 rings (SSSR count). The van der Waals surface area contributed by atoms with Crippen molar-refractivity contribution < 1.29 is 4.79 Å². The Morgan fingerprint density at radius 2 is 1.82 bits per heavy atom. The SMILES string of the molecule is CC(C)CCCCC(N)C=O. The zero-order valence-corrected chi connectivity index (χ0v) is 7.55. The Kier molecular flexibility index (Phi) is 6.13. The van der Waals surface area contributed by atoms with Crippen LogP contribution in [0.2, 0.25) is 0 Å². The molecule has 0 saturated carbocycles. The molecule has 0 aliphatic heterocycles. The van der Waals surface area contributed by atoms with E-state index in [1.54, 1.807) is 0 Å². The maximum atomic E-state index is 10.1. The van der Waals surface area contributed by atoms with Crippen LogP contribution in [0.15, 0.2) is 0 Å². The van der Waals surface area contributed by atoms with Gasteiger partial charge in [0, 0.05) is 0 Å². The third-order valence-corrected chi connectivity index (χ3v) is 1.74. The van der Waals surface area contributed by atoms with Crippen LogP contribution in [0.25, 0.3) is 0 Å². The van der Waals surface area contributed by atoms with Crippen molar-refractivity contribution in [3.8, 4) is 0 Å². The van der Waals surface area contributed by atoms with Gasteiger partial charge < -0.3 is 10.5 Å². The quantitative estimate of drug-likeness (QED) is 0.471. The Hall–Kier alpha value is -0.370. The monoisotopic (exact) mass is 157 g/mol. The minimum atomic E-state index is -0.234. The topological polar surface area (TPSA) is 43.1 Å². The zero-order valence-electron chi connectivity index (χ0n) is 7.55. The molecule has 0 radical (unpaired) electrons. The molecule has 2 heteroatoms. The Morgan fingerprint density at radius 1 is 1.27 bits per heavy atom. The van der Waals surface area contributed by atoms with Crippen molar-refractivity contribution >= 4 is 6.29 Å². The second kappa shape index (κ2) is 6.35. The Labute approximate surface area is 69.2 Å². The average molecular weight is 157 g/mol. The molecule has 2 N–H and O–H groups in total. The van der Waals surface area contributed by atoms with Gasteiger partial charge in [-0.2, -0.15) is 0 Å². The van der Waals surface area contributed by atoms with E-state index in [0.717, 1.165) is 25.0 Å². The molecule has 0 saturated heterocycles.